The zero-order valence-electron chi connectivity index (χ0n) is 12.8. The van der Waals surface area contributed by atoms with Crippen molar-refractivity contribution in [1.82, 2.24) is 9.97 Å². The van der Waals surface area contributed by atoms with Crippen molar-refractivity contribution in [3.05, 3.63) is 34.9 Å². The van der Waals surface area contributed by atoms with Crippen LogP contribution in [-0.4, -0.2) is 42.2 Å². The van der Waals surface area contributed by atoms with Crippen LogP contribution in [0.25, 0.3) is 11.4 Å². The molecule has 1 fully saturated rings. The van der Waals surface area contributed by atoms with E-state index in [0.717, 1.165) is 34.8 Å². The molecule has 0 spiro atoms. The van der Waals surface area contributed by atoms with Crippen LogP contribution in [0.5, 0.6) is 0 Å². The number of hydrogen-bond acceptors (Lipinski definition) is 5. The average Bonchev–Trinajstić information content (AvgIpc) is 2.55. The number of nitrogens with one attached hydrogen (secondary N) is 1. The predicted octanol–water partition coefficient (Wildman–Crippen LogP) is 2.70. The lowest BCUT2D eigenvalue weighted by molar-refractivity contribution is -0.114. The first-order valence-electron chi connectivity index (χ1n) is 7.37. The van der Waals surface area contributed by atoms with Gasteiger partial charge >= 0.3 is 0 Å². The van der Waals surface area contributed by atoms with E-state index in [1.807, 2.05) is 30.3 Å². The number of ether oxygens (including phenoxy) is 1. The molecule has 1 aliphatic rings. The van der Waals surface area contributed by atoms with Gasteiger partial charge in [0.2, 0.25) is 5.91 Å². The van der Waals surface area contributed by atoms with Crippen LogP contribution < -0.4 is 10.2 Å². The highest BCUT2D eigenvalue weighted by Gasteiger charge is 2.15. The Morgan fingerprint density at radius 1 is 1.22 bits per heavy atom. The van der Waals surface area contributed by atoms with Crippen LogP contribution in [0.1, 0.15) is 6.92 Å². The lowest BCUT2D eigenvalue weighted by atomic mass is 10.2. The largest absolute Gasteiger partial charge is 0.378 e. The predicted molar refractivity (Wildman–Crippen MR) is 92.5 cm³/mol. The van der Waals surface area contributed by atoms with Gasteiger partial charge in [0, 0.05) is 37.3 Å². The van der Waals surface area contributed by atoms with E-state index in [1.54, 1.807) is 0 Å². The van der Waals surface area contributed by atoms with Crippen molar-refractivity contribution < 1.29 is 9.53 Å². The maximum Gasteiger partial charge on any atom is 0.221 e. The van der Waals surface area contributed by atoms with E-state index in [9.17, 15) is 4.79 Å². The summed E-state index contributed by atoms with van der Waals surface area (Å²) in [6.45, 7) is 4.55. The molecule has 1 N–H and O–H groups in total. The fourth-order valence-corrected chi connectivity index (χ4v) is 2.77. The first-order valence-corrected chi connectivity index (χ1v) is 8.16. The smallest absolute Gasteiger partial charge is 0.221 e. The molecule has 1 aliphatic heterocycles. The van der Waals surface area contributed by atoms with Crippen molar-refractivity contribution in [3.63, 3.8) is 0 Å². The minimum absolute atomic E-state index is 0.0916. The number of aromatic nitrogens is 2. The van der Waals surface area contributed by atoms with Crippen LogP contribution in [0, 0.1) is 0 Å². The fraction of sp³-hybridized carbons (Fsp3) is 0.312. The number of halogens is 1. The summed E-state index contributed by atoms with van der Waals surface area (Å²) < 4.78 is 6.13. The summed E-state index contributed by atoms with van der Waals surface area (Å²) in [6.07, 6.45) is 0. The van der Waals surface area contributed by atoms with E-state index >= 15 is 0 Å². The Bertz CT molecular complexity index is 700. The molecule has 0 radical (unpaired) electrons. The Balaban J connectivity index is 1.87. The van der Waals surface area contributed by atoms with Gasteiger partial charge in [0.15, 0.2) is 5.82 Å². The average molecular weight is 377 g/mol. The summed E-state index contributed by atoms with van der Waals surface area (Å²) in [5, 5.41) is 2.75. The first-order chi connectivity index (χ1) is 11.1. The molecular formula is C16H17BrN4O2. The van der Waals surface area contributed by atoms with Crippen molar-refractivity contribution >= 4 is 33.3 Å². The van der Waals surface area contributed by atoms with Gasteiger partial charge < -0.3 is 15.0 Å². The Morgan fingerprint density at radius 3 is 2.57 bits per heavy atom. The number of anilines is 2. The molecule has 0 bridgehead atoms. The topological polar surface area (TPSA) is 67.4 Å². The molecule has 0 unspecified atom stereocenters. The number of rotatable bonds is 3. The second kappa shape index (κ2) is 7.06. The zero-order chi connectivity index (χ0) is 16.2. The lowest BCUT2D eigenvalue weighted by Crippen LogP contribution is -2.36. The summed E-state index contributed by atoms with van der Waals surface area (Å²) >= 11 is 3.46. The molecule has 0 saturated carbocycles. The Kier molecular flexibility index (Phi) is 4.88. The standard InChI is InChI=1S/C16H17BrN4O2/c1-11(22)18-13-4-2-12(3-5-13)16-19-14(17)10-15(20-16)21-6-8-23-9-7-21/h2-5,10H,6-9H2,1H3,(H,18,22). The van der Waals surface area contributed by atoms with Crippen molar-refractivity contribution in [2.24, 2.45) is 0 Å². The lowest BCUT2D eigenvalue weighted by Gasteiger charge is -2.28. The molecule has 0 aliphatic carbocycles. The third-order valence-electron chi connectivity index (χ3n) is 3.48. The number of amides is 1. The van der Waals surface area contributed by atoms with Crippen LogP contribution in [0.15, 0.2) is 34.9 Å². The van der Waals surface area contributed by atoms with Crippen molar-refractivity contribution in [2.75, 3.05) is 36.5 Å². The Hall–Kier alpha value is -1.99. The SMILES string of the molecule is CC(=O)Nc1ccc(-c2nc(Br)cc(N3CCOCC3)n2)cc1. The van der Waals surface area contributed by atoms with Gasteiger partial charge in [-0.1, -0.05) is 0 Å². The number of carbonyl (C=O) groups is 1. The first kappa shape index (κ1) is 15.9. The molecule has 1 aromatic carbocycles. The van der Waals surface area contributed by atoms with Gasteiger partial charge in [0.1, 0.15) is 10.4 Å². The Morgan fingerprint density at radius 2 is 1.91 bits per heavy atom. The van der Waals surface area contributed by atoms with Crippen LogP contribution in [0.3, 0.4) is 0 Å². The van der Waals surface area contributed by atoms with Gasteiger partial charge in [-0.05, 0) is 40.2 Å². The van der Waals surface area contributed by atoms with Gasteiger partial charge in [0.05, 0.1) is 13.2 Å². The van der Waals surface area contributed by atoms with Crippen LogP contribution in [-0.2, 0) is 9.53 Å². The normalized spacial score (nSPS) is 14.6. The number of morpholine rings is 1. The zero-order valence-corrected chi connectivity index (χ0v) is 14.3. The molecule has 2 aromatic rings. The van der Waals surface area contributed by atoms with Crippen molar-refractivity contribution in [1.29, 1.82) is 0 Å². The van der Waals surface area contributed by atoms with Gasteiger partial charge in [-0.25, -0.2) is 9.97 Å². The van der Waals surface area contributed by atoms with Gasteiger partial charge in [0.25, 0.3) is 0 Å². The molecule has 3 rings (SSSR count). The Labute approximate surface area is 143 Å². The van der Waals surface area contributed by atoms with Gasteiger partial charge in [-0.3, -0.25) is 4.79 Å². The summed E-state index contributed by atoms with van der Waals surface area (Å²) in [5.74, 6) is 1.44. The van der Waals surface area contributed by atoms with Crippen LogP contribution in [0.4, 0.5) is 11.5 Å². The quantitative estimate of drug-likeness (QED) is 0.834. The van der Waals surface area contributed by atoms with Crippen molar-refractivity contribution in [2.45, 2.75) is 6.92 Å². The molecule has 6 nitrogen and oxygen atoms in total. The number of benzene rings is 1. The van der Waals surface area contributed by atoms with E-state index in [0.29, 0.717) is 19.0 Å². The molecule has 2 heterocycles. The van der Waals surface area contributed by atoms with E-state index in [1.165, 1.54) is 6.92 Å². The minimum atomic E-state index is -0.0916. The second-order valence-corrected chi connectivity index (χ2v) is 6.04. The molecule has 23 heavy (non-hydrogen) atoms. The summed E-state index contributed by atoms with van der Waals surface area (Å²) in [7, 11) is 0. The van der Waals surface area contributed by atoms with E-state index in [4.69, 9.17) is 4.74 Å². The molecule has 0 atom stereocenters. The number of carbonyl (C=O) groups excluding carboxylic acids is 1. The summed E-state index contributed by atoms with van der Waals surface area (Å²) in [4.78, 5) is 22.4. The van der Waals surface area contributed by atoms with E-state index in [-0.39, 0.29) is 5.91 Å². The van der Waals surface area contributed by atoms with Crippen LogP contribution >= 0.6 is 15.9 Å². The third-order valence-corrected chi connectivity index (χ3v) is 3.89. The molecule has 7 heteroatoms. The second-order valence-electron chi connectivity index (χ2n) is 5.23. The molecule has 120 valence electrons. The maximum atomic E-state index is 11.1. The van der Waals surface area contributed by atoms with Gasteiger partial charge in [-0.2, -0.15) is 0 Å². The number of nitrogens with zero attached hydrogens (tertiary/aromatic N) is 3. The minimum Gasteiger partial charge on any atom is -0.378 e. The van der Waals surface area contributed by atoms with E-state index < -0.39 is 0 Å². The van der Waals surface area contributed by atoms with Gasteiger partial charge in [-0.15, -0.1) is 0 Å². The highest BCUT2D eigenvalue weighted by atomic mass is 79.9. The number of hydrogen-bond donors (Lipinski definition) is 1. The van der Waals surface area contributed by atoms with Crippen LogP contribution in [0.2, 0.25) is 0 Å². The highest BCUT2D eigenvalue weighted by molar-refractivity contribution is 9.10. The molecule has 1 saturated heterocycles. The highest BCUT2D eigenvalue weighted by Crippen LogP contribution is 2.24. The summed E-state index contributed by atoms with van der Waals surface area (Å²) in [5.41, 5.74) is 1.65. The monoisotopic (exact) mass is 376 g/mol. The molecular weight excluding hydrogens is 360 g/mol. The maximum absolute atomic E-state index is 11.1. The summed E-state index contributed by atoms with van der Waals surface area (Å²) in [6, 6.07) is 9.40. The third kappa shape index (κ3) is 4.05. The van der Waals surface area contributed by atoms with E-state index in [2.05, 4.69) is 36.1 Å². The fourth-order valence-electron chi connectivity index (χ4n) is 2.40. The molecule has 1 aromatic heterocycles. The molecule has 1 amide bonds. The van der Waals surface area contributed by atoms with Crippen molar-refractivity contribution in [3.8, 4) is 11.4 Å².